The Kier molecular flexibility index (Phi) is 3.76. The van der Waals surface area contributed by atoms with Crippen LogP contribution in [0.3, 0.4) is 0 Å². The summed E-state index contributed by atoms with van der Waals surface area (Å²) in [7, 11) is -3.76. The lowest BCUT2D eigenvalue weighted by atomic mass is 10.1. The molecule has 0 bridgehead atoms. The Bertz CT molecular complexity index is 484. The monoisotopic (exact) mass is 258 g/mol. The summed E-state index contributed by atoms with van der Waals surface area (Å²) in [5.74, 6) is -0.719. The van der Waals surface area contributed by atoms with Gasteiger partial charge in [0.2, 0.25) is 10.0 Å². The van der Waals surface area contributed by atoms with Gasteiger partial charge >= 0.3 is 0 Å². The van der Waals surface area contributed by atoms with Crippen LogP contribution in [-0.4, -0.2) is 27.5 Å². The summed E-state index contributed by atoms with van der Waals surface area (Å²) >= 11 is 0. The summed E-state index contributed by atoms with van der Waals surface area (Å²) in [5, 5.41) is 3.10. The molecule has 0 unspecified atom stereocenters. The molecule has 0 aromatic heterocycles. The Labute approximate surface area is 100 Å². The van der Waals surface area contributed by atoms with Crippen molar-refractivity contribution in [3.8, 4) is 0 Å². The molecule has 2 N–H and O–H groups in total. The molecular weight excluding hydrogens is 243 g/mol. The number of sulfonamides is 1. The number of benzene rings is 1. The third-order valence-corrected chi connectivity index (χ3v) is 4.30. The van der Waals surface area contributed by atoms with E-state index >= 15 is 0 Å². The van der Waals surface area contributed by atoms with E-state index < -0.39 is 15.8 Å². The molecule has 2 rings (SSSR count). The lowest BCUT2D eigenvalue weighted by Gasteiger charge is -2.23. The van der Waals surface area contributed by atoms with Gasteiger partial charge in [0.15, 0.2) is 0 Å². The first-order valence-corrected chi connectivity index (χ1v) is 7.05. The van der Waals surface area contributed by atoms with Crippen molar-refractivity contribution in [1.82, 2.24) is 10.0 Å². The minimum atomic E-state index is -3.76. The first kappa shape index (κ1) is 12.5. The molecule has 6 heteroatoms. The number of rotatable bonds is 3. The highest BCUT2D eigenvalue weighted by atomic mass is 32.2. The van der Waals surface area contributed by atoms with E-state index in [-0.39, 0.29) is 10.9 Å². The molecule has 1 aromatic rings. The van der Waals surface area contributed by atoms with Crippen LogP contribution in [-0.2, 0) is 10.0 Å². The second kappa shape index (κ2) is 5.12. The van der Waals surface area contributed by atoms with Crippen LogP contribution in [0.25, 0.3) is 0 Å². The lowest BCUT2D eigenvalue weighted by molar-refractivity contribution is 0.427. The van der Waals surface area contributed by atoms with Crippen LogP contribution in [0.1, 0.15) is 12.8 Å². The summed E-state index contributed by atoms with van der Waals surface area (Å²) in [4.78, 5) is -0.287. The maximum absolute atomic E-state index is 13.4. The number of piperidine rings is 1. The van der Waals surface area contributed by atoms with Gasteiger partial charge in [0.1, 0.15) is 10.7 Å². The summed E-state index contributed by atoms with van der Waals surface area (Å²) in [6.07, 6.45) is 1.70. The van der Waals surface area contributed by atoms with Crippen LogP contribution in [0.2, 0.25) is 0 Å². The molecule has 4 nitrogen and oxygen atoms in total. The van der Waals surface area contributed by atoms with E-state index in [1.807, 2.05) is 0 Å². The fourth-order valence-corrected chi connectivity index (χ4v) is 3.25. The van der Waals surface area contributed by atoms with Crippen LogP contribution in [0.4, 0.5) is 4.39 Å². The lowest BCUT2D eigenvalue weighted by Crippen LogP contribution is -2.45. The summed E-state index contributed by atoms with van der Waals surface area (Å²) in [5.41, 5.74) is 0. The molecule has 1 fully saturated rings. The van der Waals surface area contributed by atoms with Crippen LogP contribution in [0.15, 0.2) is 29.2 Å². The van der Waals surface area contributed by atoms with Crippen molar-refractivity contribution in [2.75, 3.05) is 13.1 Å². The molecule has 0 spiro atoms. The predicted octanol–water partition coefficient (Wildman–Crippen LogP) is 0.856. The van der Waals surface area contributed by atoms with Gasteiger partial charge in [-0.15, -0.1) is 0 Å². The molecule has 1 aromatic carbocycles. The quantitative estimate of drug-likeness (QED) is 0.845. The second-order valence-corrected chi connectivity index (χ2v) is 5.78. The largest absolute Gasteiger partial charge is 0.315 e. The van der Waals surface area contributed by atoms with E-state index in [0.29, 0.717) is 6.54 Å². The predicted molar refractivity (Wildman–Crippen MR) is 62.6 cm³/mol. The van der Waals surface area contributed by atoms with Gasteiger partial charge in [-0.25, -0.2) is 17.5 Å². The zero-order valence-corrected chi connectivity index (χ0v) is 10.1. The average Bonchev–Trinajstić information content (AvgIpc) is 2.30. The standard InChI is InChI=1S/C11H15FN2O2S/c12-10-5-1-2-6-11(10)17(15,16)14-9-4-3-7-13-8-9/h1-2,5-6,9,13-14H,3-4,7-8H2/t9-/m0/s1. The number of nitrogens with one attached hydrogen (secondary N) is 2. The average molecular weight is 258 g/mol. The Balaban J connectivity index is 2.16. The molecule has 1 aliphatic heterocycles. The van der Waals surface area contributed by atoms with E-state index in [1.165, 1.54) is 18.2 Å². The van der Waals surface area contributed by atoms with E-state index in [1.54, 1.807) is 0 Å². The maximum Gasteiger partial charge on any atom is 0.243 e. The maximum atomic E-state index is 13.4. The van der Waals surface area contributed by atoms with Crippen molar-refractivity contribution < 1.29 is 12.8 Å². The third kappa shape index (κ3) is 3.02. The Morgan fingerprint density at radius 2 is 2.12 bits per heavy atom. The Hall–Kier alpha value is -0.980. The van der Waals surface area contributed by atoms with Gasteiger partial charge in [-0.1, -0.05) is 12.1 Å². The molecule has 1 saturated heterocycles. The summed E-state index contributed by atoms with van der Waals surface area (Å²) < 4.78 is 39.8. The molecule has 1 aliphatic rings. The summed E-state index contributed by atoms with van der Waals surface area (Å²) in [6.45, 7) is 1.49. The Morgan fingerprint density at radius 3 is 2.76 bits per heavy atom. The van der Waals surface area contributed by atoms with Gasteiger partial charge in [0.05, 0.1) is 0 Å². The van der Waals surface area contributed by atoms with Gasteiger partial charge in [-0.3, -0.25) is 0 Å². The van der Waals surface area contributed by atoms with Gasteiger partial charge in [0.25, 0.3) is 0 Å². The van der Waals surface area contributed by atoms with E-state index in [4.69, 9.17) is 0 Å². The van der Waals surface area contributed by atoms with E-state index in [9.17, 15) is 12.8 Å². The molecule has 1 heterocycles. The zero-order chi connectivity index (χ0) is 12.3. The van der Waals surface area contributed by atoms with E-state index in [0.717, 1.165) is 25.5 Å². The topological polar surface area (TPSA) is 58.2 Å². The second-order valence-electron chi connectivity index (χ2n) is 4.09. The zero-order valence-electron chi connectivity index (χ0n) is 9.32. The first-order chi connectivity index (χ1) is 8.09. The van der Waals surface area contributed by atoms with Crippen molar-refractivity contribution in [1.29, 1.82) is 0 Å². The highest BCUT2D eigenvalue weighted by Gasteiger charge is 2.23. The van der Waals surface area contributed by atoms with Crippen LogP contribution >= 0.6 is 0 Å². The first-order valence-electron chi connectivity index (χ1n) is 5.57. The molecule has 17 heavy (non-hydrogen) atoms. The van der Waals surface area contributed by atoms with Crippen LogP contribution in [0.5, 0.6) is 0 Å². The van der Waals surface area contributed by atoms with Crippen molar-refractivity contribution >= 4 is 10.0 Å². The molecule has 0 amide bonds. The minimum absolute atomic E-state index is 0.159. The van der Waals surface area contributed by atoms with Crippen molar-refractivity contribution in [3.63, 3.8) is 0 Å². The van der Waals surface area contributed by atoms with Crippen LogP contribution < -0.4 is 10.0 Å². The third-order valence-electron chi connectivity index (χ3n) is 2.74. The van der Waals surface area contributed by atoms with Crippen LogP contribution in [0, 0.1) is 5.82 Å². The number of hydrogen-bond acceptors (Lipinski definition) is 3. The van der Waals surface area contributed by atoms with Gasteiger partial charge in [0, 0.05) is 12.6 Å². The number of halogens is 1. The van der Waals surface area contributed by atoms with Crippen molar-refractivity contribution in [2.24, 2.45) is 0 Å². The van der Waals surface area contributed by atoms with Gasteiger partial charge in [-0.05, 0) is 31.5 Å². The molecule has 94 valence electrons. The molecule has 0 aliphatic carbocycles. The molecule has 0 radical (unpaired) electrons. The van der Waals surface area contributed by atoms with E-state index in [2.05, 4.69) is 10.0 Å². The smallest absolute Gasteiger partial charge is 0.243 e. The summed E-state index contributed by atoms with van der Waals surface area (Å²) in [6, 6.07) is 5.24. The highest BCUT2D eigenvalue weighted by Crippen LogP contribution is 2.14. The normalized spacial score (nSPS) is 21.4. The van der Waals surface area contributed by atoms with Gasteiger partial charge in [-0.2, -0.15) is 0 Å². The Morgan fingerprint density at radius 1 is 1.35 bits per heavy atom. The fourth-order valence-electron chi connectivity index (χ4n) is 1.90. The highest BCUT2D eigenvalue weighted by molar-refractivity contribution is 7.89. The molecular formula is C11H15FN2O2S. The van der Waals surface area contributed by atoms with Gasteiger partial charge < -0.3 is 5.32 Å². The minimum Gasteiger partial charge on any atom is -0.315 e. The fraction of sp³-hybridized carbons (Fsp3) is 0.455. The van der Waals surface area contributed by atoms with Crippen molar-refractivity contribution in [2.45, 2.75) is 23.8 Å². The molecule has 0 saturated carbocycles. The SMILES string of the molecule is O=S(=O)(N[C@H]1CCCNC1)c1ccccc1F. The molecule has 1 atom stereocenters. The number of hydrogen-bond donors (Lipinski definition) is 2. The van der Waals surface area contributed by atoms with Crippen molar-refractivity contribution in [3.05, 3.63) is 30.1 Å².